The summed E-state index contributed by atoms with van der Waals surface area (Å²) < 4.78 is 0. The first-order chi connectivity index (χ1) is 6.62. The van der Waals surface area contributed by atoms with E-state index in [4.69, 9.17) is 5.73 Å². The van der Waals surface area contributed by atoms with E-state index in [0.717, 1.165) is 32.4 Å². The number of hydrogen-bond acceptors (Lipinski definition) is 3. The fraction of sp³-hybridized carbons (Fsp3) is 1.00. The molecule has 1 saturated heterocycles. The third-order valence-corrected chi connectivity index (χ3v) is 4.37. The van der Waals surface area contributed by atoms with Gasteiger partial charge in [-0.25, -0.2) is 0 Å². The van der Waals surface area contributed by atoms with Gasteiger partial charge in [-0.1, -0.05) is 12.8 Å². The van der Waals surface area contributed by atoms with E-state index >= 15 is 0 Å². The third-order valence-electron chi connectivity index (χ3n) is 4.37. The van der Waals surface area contributed by atoms with E-state index in [0.29, 0.717) is 6.54 Å². The van der Waals surface area contributed by atoms with Crippen LogP contribution in [0.25, 0.3) is 0 Å². The van der Waals surface area contributed by atoms with Crippen molar-refractivity contribution in [3.05, 3.63) is 0 Å². The van der Waals surface area contributed by atoms with E-state index in [1.54, 1.807) is 0 Å². The van der Waals surface area contributed by atoms with Crippen LogP contribution in [0.1, 0.15) is 32.1 Å². The molecule has 0 bridgehead atoms. The summed E-state index contributed by atoms with van der Waals surface area (Å²) in [6, 6.07) is 0. The number of hydrogen-bond donors (Lipinski definition) is 2. The third kappa shape index (κ3) is 1.38. The van der Waals surface area contributed by atoms with Crippen LogP contribution >= 0.6 is 0 Å². The van der Waals surface area contributed by atoms with Gasteiger partial charge in [0.1, 0.15) is 0 Å². The lowest BCUT2D eigenvalue weighted by molar-refractivity contribution is -0.122. The van der Waals surface area contributed by atoms with Gasteiger partial charge < -0.3 is 15.7 Å². The zero-order valence-electron chi connectivity index (χ0n) is 9.13. The molecule has 1 aliphatic carbocycles. The molecule has 14 heavy (non-hydrogen) atoms. The summed E-state index contributed by atoms with van der Waals surface area (Å²) in [6.45, 7) is 2.44. The van der Waals surface area contributed by atoms with Crippen molar-refractivity contribution in [3.8, 4) is 0 Å². The Balaban J connectivity index is 2.23. The van der Waals surface area contributed by atoms with Crippen molar-refractivity contribution in [1.82, 2.24) is 4.90 Å². The molecule has 2 rings (SSSR count). The first-order valence-corrected chi connectivity index (χ1v) is 5.73. The summed E-state index contributed by atoms with van der Waals surface area (Å²) in [7, 11) is 2.15. The first kappa shape index (κ1) is 10.4. The molecule has 3 heteroatoms. The van der Waals surface area contributed by atoms with Crippen molar-refractivity contribution >= 4 is 0 Å². The summed E-state index contributed by atoms with van der Waals surface area (Å²) in [5.74, 6) is 0. The second-order valence-corrected chi connectivity index (χ2v) is 5.21. The highest BCUT2D eigenvalue weighted by Crippen LogP contribution is 2.50. The van der Waals surface area contributed by atoms with Crippen LogP contribution in [0.3, 0.4) is 0 Å². The molecular formula is C11H22N2O. The SMILES string of the molecule is CN1CCC(O)(CN)C2(CCCC2)C1. The average molecular weight is 198 g/mol. The van der Waals surface area contributed by atoms with E-state index in [1.807, 2.05) is 0 Å². The Morgan fingerprint density at radius 1 is 1.29 bits per heavy atom. The minimum atomic E-state index is -0.587. The van der Waals surface area contributed by atoms with Gasteiger partial charge >= 0.3 is 0 Å². The van der Waals surface area contributed by atoms with Crippen LogP contribution in [0, 0.1) is 5.41 Å². The molecular weight excluding hydrogens is 176 g/mol. The Bertz CT molecular complexity index is 213. The van der Waals surface area contributed by atoms with Crippen LogP contribution in [0.15, 0.2) is 0 Å². The number of piperidine rings is 1. The highest BCUT2D eigenvalue weighted by Gasteiger charge is 2.53. The highest BCUT2D eigenvalue weighted by molar-refractivity contribution is 5.06. The van der Waals surface area contributed by atoms with E-state index in [9.17, 15) is 5.11 Å². The minimum absolute atomic E-state index is 0.106. The van der Waals surface area contributed by atoms with Crippen LogP contribution in [0.2, 0.25) is 0 Å². The van der Waals surface area contributed by atoms with E-state index in [-0.39, 0.29) is 5.41 Å². The van der Waals surface area contributed by atoms with Gasteiger partial charge in [0.05, 0.1) is 5.60 Å². The quantitative estimate of drug-likeness (QED) is 0.647. The number of likely N-dealkylation sites (tertiary alicyclic amines) is 1. The fourth-order valence-electron chi connectivity index (χ4n) is 3.38. The first-order valence-electron chi connectivity index (χ1n) is 5.73. The predicted molar refractivity (Wildman–Crippen MR) is 57.0 cm³/mol. The monoisotopic (exact) mass is 198 g/mol. The van der Waals surface area contributed by atoms with Gasteiger partial charge in [-0.15, -0.1) is 0 Å². The van der Waals surface area contributed by atoms with Crippen LogP contribution < -0.4 is 5.73 Å². The molecule has 3 N–H and O–H groups in total. The van der Waals surface area contributed by atoms with Crippen LogP contribution in [0.5, 0.6) is 0 Å². The van der Waals surface area contributed by atoms with Gasteiger partial charge in [-0.05, 0) is 26.3 Å². The zero-order chi connectivity index (χ0) is 10.2. The van der Waals surface area contributed by atoms with E-state index in [2.05, 4.69) is 11.9 Å². The molecule has 1 heterocycles. The number of nitrogens with zero attached hydrogens (tertiary/aromatic N) is 1. The summed E-state index contributed by atoms with van der Waals surface area (Å²) in [5, 5.41) is 10.6. The van der Waals surface area contributed by atoms with E-state index < -0.39 is 5.60 Å². The molecule has 0 radical (unpaired) electrons. The molecule has 2 aliphatic rings. The van der Waals surface area contributed by atoms with Crippen LogP contribution in [-0.2, 0) is 0 Å². The molecule has 1 aliphatic heterocycles. The molecule has 2 fully saturated rings. The van der Waals surface area contributed by atoms with Gasteiger partial charge in [-0.3, -0.25) is 0 Å². The standard InChI is InChI=1S/C11H22N2O/c1-13-7-6-11(14,8-12)10(9-13)4-2-3-5-10/h14H,2-9,12H2,1H3. The van der Waals surface area contributed by atoms with Crippen LogP contribution in [0.4, 0.5) is 0 Å². The summed E-state index contributed by atoms with van der Waals surface area (Å²) in [4.78, 5) is 2.34. The Hall–Kier alpha value is -0.120. The molecule has 3 nitrogen and oxygen atoms in total. The molecule has 1 saturated carbocycles. The van der Waals surface area contributed by atoms with Gasteiger partial charge in [0.15, 0.2) is 0 Å². The second-order valence-electron chi connectivity index (χ2n) is 5.21. The van der Waals surface area contributed by atoms with Crippen molar-refractivity contribution in [3.63, 3.8) is 0 Å². The Kier molecular flexibility index (Phi) is 2.58. The largest absolute Gasteiger partial charge is 0.388 e. The number of rotatable bonds is 1. The minimum Gasteiger partial charge on any atom is -0.388 e. The van der Waals surface area contributed by atoms with E-state index in [1.165, 1.54) is 12.8 Å². The molecule has 1 unspecified atom stereocenters. The lowest BCUT2D eigenvalue weighted by Crippen LogP contribution is -2.61. The maximum Gasteiger partial charge on any atom is 0.0849 e. The lowest BCUT2D eigenvalue weighted by Gasteiger charge is -2.51. The van der Waals surface area contributed by atoms with Crippen molar-refractivity contribution < 1.29 is 5.11 Å². The Labute approximate surface area is 86.3 Å². The van der Waals surface area contributed by atoms with Crippen molar-refractivity contribution in [1.29, 1.82) is 0 Å². The number of nitrogens with two attached hydrogens (primary N) is 1. The Morgan fingerprint density at radius 3 is 2.50 bits per heavy atom. The molecule has 1 atom stereocenters. The Morgan fingerprint density at radius 2 is 1.93 bits per heavy atom. The molecule has 0 aromatic rings. The van der Waals surface area contributed by atoms with Gasteiger partial charge in [-0.2, -0.15) is 0 Å². The van der Waals surface area contributed by atoms with Gasteiger partial charge in [0, 0.05) is 25.0 Å². The smallest absolute Gasteiger partial charge is 0.0849 e. The van der Waals surface area contributed by atoms with Crippen molar-refractivity contribution in [2.24, 2.45) is 11.1 Å². The number of aliphatic hydroxyl groups is 1. The van der Waals surface area contributed by atoms with Gasteiger partial charge in [0.2, 0.25) is 0 Å². The molecule has 82 valence electrons. The lowest BCUT2D eigenvalue weighted by atomic mass is 9.66. The topological polar surface area (TPSA) is 49.5 Å². The van der Waals surface area contributed by atoms with Crippen molar-refractivity contribution in [2.75, 3.05) is 26.7 Å². The molecule has 1 spiro atoms. The predicted octanol–water partition coefficient (Wildman–Crippen LogP) is 0.572. The zero-order valence-corrected chi connectivity index (χ0v) is 9.13. The van der Waals surface area contributed by atoms with Crippen LogP contribution in [-0.4, -0.2) is 42.3 Å². The fourth-order valence-corrected chi connectivity index (χ4v) is 3.38. The maximum atomic E-state index is 10.6. The highest BCUT2D eigenvalue weighted by atomic mass is 16.3. The van der Waals surface area contributed by atoms with Gasteiger partial charge in [0.25, 0.3) is 0 Å². The second kappa shape index (κ2) is 3.47. The summed E-state index contributed by atoms with van der Waals surface area (Å²) in [6.07, 6.45) is 5.68. The summed E-state index contributed by atoms with van der Waals surface area (Å²) >= 11 is 0. The molecule has 0 aromatic heterocycles. The average Bonchev–Trinajstić information content (AvgIpc) is 2.62. The maximum absolute atomic E-state index is 10.6. The normalized spacial score (nSPS) is 37.9. The summed E-state index contributed by atoms with van der Waals surface area (Å²) in [5.41, 5.74) is 5.29. The van der Waals surface area contributed by atoms with Crippen molar-refractivity contribution in [2.45, 2.75) is 37.7 Å². The molecule has 0 amide bonds. The molecule has 0 aromatic carbocycles.